The summed E-state index contributed by atoms with van der Waals surface area (Å²) in [5.74, 6) is 0.868. The summed E-state index contributed by atoms with van der Waals surface area (Å²) in [5, 5.41) is 7.92. The summed E-state index contributed by atoms with van der Waals surface area (Å²) in [6.07, 6.45) is 6.90. The molecule has 23 heavy (non-hydrogen) atoms. The van der Waals surface area contributed by atoms with Gasteiger partial charge in [-0.1, -0.05) is 19.3 Å². The lowest BCUT2D eigenvalue weighted by atomic mass is 9.94. The number of rotatable bonds is 6. The summed E-state index contributed by atoms with van der Waals surface area (Å²) in [4.78, 5) is 12.6. The SMILES string of the molecule is CN=C(NCCN(C)C1CCCCC1)NCc1sc(C)nc1C. The molecule has 130 valence electrons. The first-order valence-electron chi connectivity index (χ1n) is 8.68. The Balaban J connectivity index is 1.69. The highest BCUT2D eigenvalue weighted by Crippen LogP contribution is 2.21. The van der Waals surface area contributed by atoms with Crippen LogP contribution in [-0.2, 0) is 6.54 Å². The molecule has 1 aromatic heterocycles. The number of guanidine groups is 1. The van der Waals surface area contributed by atoms with Gasteiger partial charge in [0.15, 0.2) is 5.96 Å². The van der Waals surface area contributed by atoms with Gasteiger partial charge in [-0.3, -0.25) is 4.99 Å². The van der Waals surface area contributed by atoms with E-state index >= 15 is 0 Å². The zero-order valence-electron chi connectivity index (χ0n) is 15.0. The van der Waals surface area contributed by atoms with Crippen molar-refractivity contribution < 1.29 is 0 Å². The van der Waals surface area contributed by atoms with Crippen molar-refractivity contribution in [2.75, 3.05) is 27.2 Å². The molecule has 0 unspecified atom stereocenters. The minimum absolute atomic E-state index is 0.767. The highest BCUT2D eigenvalue weighted by atomic mass is 32.1. The number of aryl methyl sites for hydroxylation is 2. The molecule has 0 aliphatic heterocycles. The van der Waals surface area contributed by atoms with Gasteiger partial charge in [-0.05, 0) is 33.7 Å². The highest BCUT2D eigenvalue weighted by molar-refractivity contribution is 7.11. The molecule has 1 saturated carbocycles. The minimum Gasteiger partial charge on any atom is -0.355 e. The zero-order chi connectivity index (χ0) is 16.7. The molecule has 1 aliphatic carbocycles. The number of hydrogen-bond donors (Lipinski definition) is 2. The first-order chi connectivity index (χ1) is 11.1. The summed E-state index contributed by atoms with van der Waals surface area (Å²) in [7, 11) is 4.07. The van der Waals surface area contributed by atoms with Crippen LogP contribution in [0.25, 0.3) is 0 Å². The topological polar surface area (TPSA) is 52.6 Å². The first kappa shape index (κ1) is 18.2. The quantitative estimate of drug-likeness (QED) is 0.619. The van der Waals surface area contributed by atoms with Crippen LogP contribution in [0.2, 0.25) is 0 Å². The lowest BCUT2D eigenvalue weighted by Gasteiger charge is -2.31. The van der Waals surface area contributed by atoms with E-state index in [0.717, 1.165) is 42.3 Å². The van der Waals surface area contributed by atoms with Gasteiger partial charge in [-0.25, -0.2) is 4.98 Å². The fourth-order valence-corrected chi connectivity index (χ4v) is 4.05. The standard InChI is InChI=1S/C17H31N5S/c1-13-16(23-14(2)21-13)12-20-17(18-3)19-10-11-22(4)15-8-6-5-7-9-15/h15H,5-12H2,1-4H3,(H2,18,19,20). The third-order valence-corrected chi connectivity index (χ3v) is 5.67. The molecule has 2 N–H and O–H groups in total. The van der Waals surface area contributed by atoms with E-state index in [4.69, 9.17) is 0 Å². The predicted molar refractivity (Wildman–Crippen MR) is 99.3 cm³/mol. The second kappa shape index (κ2) is 9.23. The molecule has 1 fully saturated rings. The molecule has 0 radical (unpaired) electrons. The van der Waals surface area contributed by atoms with E-state index in [2.05, 4.69) is 46.4 Å². The van der Waals surface area contributed by atoms with Gasteiger partial charge in [-0.15, -0.1) is 11.3 Å². The van der Waals surface area contributed by atoms with Crippen molar-refractivity contribution in [3.05, 3.63) is 15.6 Å². The van der Waals surface area contributed by atoms with E-state index < -0.39 is 0 Å². The van der Waals surface area contributed by atoms with E-state index in [-0.39, 0.29) is 0 Å². The lowest BCUT2D eigenvalue weighted by molar-refractivity contribution is 0.194. The molecule has 0 aromatic carbocycles. The molecule has 6 heteroatoms. The summed E-state index contributed by atoms with van der Waals surface area (Å²) in [6, 6.07) is 0.767. The Labute approximate surface area is 144 Å². The molecule has 0 amide bonds. The normalized spacial score (nSPS) is 16.8. The van der Waals surface area contributed by atoms with E-state index in [1.54, 1.807) is 11.3 Å². The maximum atomic E-state index is 4.46. The maximum absolute atomic E-state index is 4.46. The molecule has 1 aromatic rings. The summed E-state index contributed by atoms with van der Waals surface area (Å²) < 4.78 is 0. The second-order valence-electron chi connectivity index (χ2n) is 6.37. The van der Waals surface area contributed by atoms with E-state index in [0.29, 0.717) is 0 Å². The smallest absolute Gasteiger partial charge is 0.191 e. The van der Waals surface area contributed by atoms with Crippen molar-refractivity contribution in [3.63, 3.8) is 0 Å². The number of nitrogens with zero attached hydrogens (tertiary/aromatic N) is 3. The van der Waals surface area contributed by atoms with Gasteiger partial charge >= 0.3 is 0 Å². The molecule has 0 saturated heterocycles. The first-order valence-corrected chi connectivity index (χ1v) is 9.49. The number of thiazole rings is 1. The van der Waals surface area contributed by atoms with Crippen LogP contribution >= 0.6 is 11.3 Å². The van der Waals surface area contributed by atoms with Crippen molar-refractivity contribution in [2.45, 2.75) is 58.5 Å². The van der Waals surface area contributed by atoms with Gasteiger partial charge in [0.05, 0.1) is 17.2 Å². The zero-order valence-corrected chi connectivity index (χ0v) is 15.8. The number of aliphatic imine (C=N–C) groups is 1. The number of nitrogens with one attached hydrogen (secondary N) is 2. The van der Waals surface area contributed by atoms with Crippen LogP contribution in [-0.4, -0.2) is 49.1 Å². The number of hydrogen-bond acceptors (Lipinski definition) is 4. The fourth-order valence-electron chi connectivity index (χ4n) is 3.18. The van der Waals surface area contributed by atoms with Gasteiger partial charge in [0.2, 0.25) is 0 Å². The van der Waals surface area contributed by atoms with E-state index in [9.17, 15) is 0 Å². The Bertz CT molecular complexity index is 505. The van der Waals surface area contributed by atoms with Crippen LogP contribution < -0.4 is 10.6 Å². The molecule has 0 atom stereocenters. The molecule has 0 spiro atoms. The van der Waals surface area contributed by atoms with Crippen molar-refractivity contribution in [1.82, 2.24) is 20.5 Å². The van der Waals surface area contributed by atoms with Crippen LogP contribution in [0.15, 0.2) is 4.99 Å². The third-order valence-electron chi connectivity index (χ3n) is 4.59. The minimum atomic E-state index is 0.767. The molecule has 1 heterocycles. The second-order valence-corrected chi connectivity index (χ2v) is 7.65. The lowest BCUT2D eigenvalue weighted by Crippen LogP contribution is -2.43. The third kappa shape index (κ3) is 5.77. The van der Waals surface area contributed by atoms with Crippen molar-refractivity contribution in [2.24, 2.45) is 4.99 Å². The van der Waals surface area contributed by atoms with Gasteiger partial charge < -0.3 is 15.5 Å². The van der Waals surface area contributed by atoms with Crippen molar-refractivity contribution in [1.29, 1.82) is 0 Å². The van der Waals surface area contributed by atoms with Crippen molar-refractivity contribution >= 4 is 17.3 Å². The van der Waals surface area contributed by atoms with Crippen LogP contribution in [0.4, 0.5) is 0 Å². The van der Waals surface area contributed by atoms with Gasteiger partial charge in [0.1, 0.15) is 0 Å². The average molecular weight is 338 g/mol. The molecule has 0 bridgehead atoms. The van der Waals surface area contributed by atoms with Crippen LogP contribution in [0.1, 0.15) is 47.7 Å². The van der Waals surface area contributed by atoms with Crippen LogP contribution in [0.5, 0.6) is 0 Å². The Morgan fingerprint density at radius 3 is 2.61 bits per heavy atom. The fraction of sp³-hybridized carbons (Fsp3) is 0.765. The molecular formula is C17H31N5S. The van der Waals surface area contributed by atoms with Gasteiger partial charge in [0, 0.05) is 31.1 Å². The molecule has 2 rings (SSSR count). The van der Waals surface area contributed by atoms with Gasteiger partial charge in [-0.2, -0.15) is 0 Å². The average Bonchev–Trinajstić information content (AvgIpc) is 2.89. The monoisotopic (exact) mass is 337 g/mol. The molecule has 1 aliphatic rings. The van der Waals surface area contributed by atoms with Crippen LogP contribution in [0.3, 0.4) is 0 Å². The molecule has 5 nitrogen and oxygen atoms in total. The van der Waals surface area contributed by atoms with Gasteiger partial charge in [0.25, 0.3) is 0 Å². The number of aromatic nitrogens is 1. The molecular weight excluding hydrogens is 306 g/mol. The number of likely N-dealkylation sites (N-methyl/N-ethyl adjacent to an activating group) is 1. The maximum Gasteiger partial charge on any atom is 0.191 e. The Morgan fingerprint density at radius 2 is 2.00 bits per heavy atom. The predicted octanol–water partition coefficient (Wildman–Crippen LogP) is 2.69. The Hall–Kier alpha value is -1.14. The summed E-state index contributed by atoms with van der Waals surface area (Å²) >= 11 is 1.75. The van der Waals surface area contributed by atoms with Crippen molar-refractivity contribution in [3.8, 4) is 0 Å². The highest BCUT2D eigenvalue weighted by Gasteiger charge is 2.17. The Kier molecular flexibility index (Phi) is 7.30. The van der Waals surface area contributed by atoms with E-state index in [1.807, 2.05) is 7.05 Å². The summed E-state index contributed by atoms with van der Waals surface area (Å²) in [6.45, 7) is 6.89. The van der Waals surface area contributed by atoms with Crippen LogP contribution in [0, 0.1) is 13.8 Å². The Morgan fingerprint density at radius 1 is 1.26 bits per heavy atom. The largest absolute Gasteiger partial charge is 0.355 e. The summed E-state index contributed by atoms with van der Waals surface area (Å²) in [5.41, 5.74) is 1.12. The van der Waals surface area contributed by atoms with E-state index in [1.165, 1.54) is 37.0 Å².